The molecular formula is C29H42N2O5. The average molecular weight is 499 g/mol. The van der Waals surface area contributed by atoms with Crippen LogP contribution in [0.25, 0.3) is 0 Å². The molecule has 0 spiro atoms. The van der Waals surface area contributed by atoms with Crippen LogP contribution in [0, 0.1) is 0 Å². The first-order chi connectivity index (χ1) is 17.6. The van der Waals surface area contributed by atoms with Gasteiger partial charge in [-0.05, 0) is 61.6 Å². The van der Waals surface area contributed by atoms with Gasteiger partial charge in [-0.2, -0.15) is 0 Å². The number of nitrogens with one attached hydrogen (secondary N) is 1. The Morgan fingerprint density at radius 3 is 2.69 bits per heavy atom. The van der Waals surface area contributed by atoms with E-state index in [1.165, 1.54) is 11.1 Å². The van der Waals surface area contributed by atoms with Crippen molar-refractivity contribution in [3.63, 3.8) is 0 Å². The van der Waals surface area contributed by atoms with E-state index in [0.717, 1.165) is 69.3 Å². The van der Waals surface area contributed by atoms with Gasteiger partial charge in [0.05, 0.1) is 38.2 Å². The number of ether oxygens (including phenoxy) is 5. The SMILES string of the molecule is COCCCN1CCOc2ccc(CO[C@H]3CN[C@@H](CC(C)OC)C[C@@H]3c3ccc(OC)cc3)cc21. The van der Waals surface area contributed by atoms with E-state index >= 15 is 0 Å². The zero-order valence-electron chi connectivity index (χ0n) is 22.2. The quantitative estimate of drug-likeness (QED) is 0.436. The van der Waals surface area contributed by atoms with E-state index in [-0.39, 0.29) is 12.2 Å². The lowest BCUT2D eigenvalue weighted by atomic mass is 9.82. The van der Waals surface area contributed by atoms with Gasteiger partial charge in [-0.25, -0.2) is 0 Å². The largest absolute Gasteiger partial charge is 0.497 e. The van der Waals surface area contributed by atoms with Crippen LogP contribution < -0.4 is 19.7 Å². The fraction of sp³-hybridized carbons (Fsp3) is 0.586. The molecule has 0 radical (unpaired) electrons. The molecule has 1 saturated heterocycles. The van der Waals surface area contributed by atoms with Crippen LogP contribution in [0.5, 0.6) is 11.5 Å². The maximum Gasteiger partial charge on any atom is 0.142 e. The van der Waals surface area contributed by atoms with Gasteiger partial charge in [-0.1, -0.05) is 18.2 Å². The molecule has 2 aromatic rings. The maximum atomic E-state index is 6.59. The highest BCUT2D eigenvalue weighted by atomic mass is 16.5. The summed E-state index contributed by atoms with van der Waals surface area (Å²) in [5, 5.41) is 3.71. The Morgan fingerprint density at radius 2 is 1.94 bits per heavy atom. The molecule has 2 aromatic carbocycles. The van der Waals surface area contributed by atoms with Crippen molar-refractivity contribution in [2.45, 2.75) is 57.0 Å². The second-order valence-electron chi connectivity index (χ2n) is 9.84. The second kappa shape index (κ2) is 13.3. The smallest absolute Gasteiger partial charge is 0.142 e. The Bertz CT molecular complexity index is 938. The fourth-order valence-corrected chi connectivity index (χ4v) is 5.26. The van der Waals surface area contributed by atoms with Crippen LogP contribution in [0.1, 0.15) is 43.2 Å². The second-order valence-corrected chi connectivity index (χ2v) is 9.84. The lowest BCUT2D eigenvalue weighted by molar-refractivity contribution is -0.00283. The van der Waals surface area contributed by atoms with Crippen LogP contribution in [0.4, 0.5) is 5.69 Å². The summed E-state index contributed by atoms with van der Waals surface area (Å²) in [6.45, 7) is 6.85. The van der Waals surface area contributed by atoms with Crippen molar-refractivity contribution in [1.29, 1.82) is 0 Å². The predicted octanol–water partition coefficient (Wildman–Crippen LogP) is 4.39. The number of benzene rings is 2. The number of fused-ring (bicyclic) bond motifs is 1. The first-order valence-electron chi connectivity index (χ1n) is 13.1. The summed E-state index contributed by atoms with van der Waals surface area (Å²) < 4.78 is 28.7. The Kier molecular flexibility index (Phi) is 9.87. The summed E-state index contributed by atoms with van der Waals surface area (Å²) in [6, 6.07) is 15.3. The van der Waals surface area contributed by atoms with Gasteiger partial charge >= 0.3 is 0 Å². The monoisotopic (exact) mass is 498 g/mol. The number of methoxy groups -OCH3 is 3. The van der Waals surface area contributed by atoms with Crippen molar-refractivity contribution >= 4 is 5.69 Å². The predicted molar refractivity (Wildman–Crippen MR) is 142 cm³/mol. The third kappa shape index (κ3) is 6.91. The molecule has 4 atom stereocenters. The van der Waals surface area contributed by atoms with Crippen molar-refractivity contribution in [3.05, 3.63) is 53.6 Å². The highest BCUT2D eigenvalue weighted by Crippen LogP contribution is 2.35. The molecule has 7 nitrogen and oxygen atoms in total. The standard InChI is InChI=1S/C29H42N2O5/c1-21(33-3)16-24-18-26(23-7-9-25(34-4)10-8-23)29(19-30-24)36-20-22-6-11-28-27(17-22)31(13-15-35-28)12-5-14-32-2/h6-11,17,21,24,26,29-30H,5,12-16,18-20H2,1-4H3/t21?,24-,26+,29-/m0/s1. The van der Waals surface area contributed by atoms with Gasteiger partial charge in [0.15, 0.2) is 0 Å². The number of rotatable bonds is 12. The van der Waals surface area contributed by atoms with E-state index in [4.69, 9.17) is 23.7 Å². The Balaban J connectivity index is 1.45. The molecule has 0 bridgehead atoms. The summed E-state index contributed by atoms with van der Waals surface area (Å²) in [6.07, 6.45) is 3.30. The van der Waals surface area contributed by atoms with E-state index in [1.807, 2.05) is 12.1 Å². The molecule has 1 unspecified atom stereocenters. The molecular weight excluding hydrogens is 456 g/mol. The number of hydrogen-bond donors (Lipinski definition) is 1. The number of piperidine rings is 1. The van der Waals surface area contributed by atoms with Crippen molar-refractivity contribution < 1.29 is 23.7 Å². The van der Waals surface area contributed by atoms with Gasteiger partial charge in [0, 0.05) is 45.9 Å². The van der Waals surface area contributed by atoms with Crippen molar-refractivity contribution in [2.75, 3.05) is 59.1 Å². The van der Waals surface area contributed by atoms with Crippen LogP contribution in [0.2, 0.25) is 0 Å². The van der Waals surface area contributed by atoms with Crippen LogP contribution in [-0.4, -0.2) is 72.4 Å². The van der Waals surface area contributed by atoms with Crippen LogP contribution >= 0.6 is 0 Å². The third-order valence-electron chi connectivity index (χ3n) is 7.38. The molecule has 2 aliphatic heterocycles. The third-order valence-corrected chi connectivity index (χ3v) is 7.38. The topological polar surface area (TPSA) is 61.4 Å². The van der Waals surface area contributed by atoms with Gasteiger partial charge < -0.3 is 33.9 Å². The Morgan fingerprint density at radius 1 is 1.11 bits per heavy atom. The highest BCUT2D eigenvalue weighted by Gasteiger charge is 2.33. The molecule has 1 N–H and O–H groups in total. The molecule has 0 saturated carbocycles. The van der Waals surface area contributed by atoms with Gasteiger partial charge in [-0.3, -0.25) is 0 Å². The van der Waals surface area contributed by atoms with Crippen LogP contribution in [0.3, 0.4) is 0 Å². The summed E-state index contributed by atoms with van der Waals surface area (Å²) >= 11 is 0. The molecule has 198 valence electrons. The number of nitrogens with zero attached hydrogens (tertiary/aromatic N) is 1. The Labute approximate surface area is 216 Å². The number of hydrogen-bond acceptors (Lipinski definition) is 7. The number of anilines is 1. The molecule has 7 heteroatoms. The minimum atomic E-state index is 0.0811. The summed E-state index contributed by atoms with van der Waals surface area (Å²) in [7, 11) is 5.24. The first-order valence-corrected chi connectivity index (χ1v) is 13.1. The van der Waals surface area contributed by atoms with Crippen molar-refractivity contribution in [2.24, 2.45) is 0 Å². The summed E-state index contributed by atoms with van der Waals surface area (Å²) in [5.41, 5.74) is 3.61. The van der Waals surface area contributed by atoms with E-state index in [1.54, 1.807) is 21.3 Å². The maximum absolute atomic E-state index is 6.59. The average Bonchev–Trinajstić information content (AvgIpc) is 2.92. The summed E-state index contributed by atoms with van der Waals surface area (Å²) in [4.78, 5) is 2.39. The normalized spacial score (nSPS) is 22.6. The Hall–Kier alpha value is -2.32. The molecule has 0 aromatic heterocycles. The molecule has 4 rings (SSSR count). The van der Waals surface area contributed by atoms with Gasteiger partial charge in [0.1, 0.15) is 18.1 Å². The molecule has 2 heterocycles. The van der Waals surface area contributed by atoms with E-state index < -0.39 is 0 Å². The molecule has 0 aliphatic carbocycles. The van der Waals surface area contributed by atoms with Gasteiger partial charge in [0.25, 0.3) is 0 Å². The lowest BCUT2D eigenvalue weighted by Crippen LogP contribution is -2.48. The van der Waals surface area contributed by atoms with Crippen LogP contribution in [-0.2, 0) is 20.8 Å². The van der Waals surface area contributed by atoms with Crippen molar-refractivity contribution in [1.82, 2.24) is 5.32 Å². The summed E-state index contributed by atoms with van der Waals surface area (Å²) in [5.74, 6) is 2.13. The lowest BCUT2D eigenvalue weighted by Gasteiger charge is -2.38. The molecule has 2 aliphatic rings. The van der Waals surface area contributed by atoms with Crippen LogP contribution in [0.15, 0.2) is 42.5 Å². The van der Waals surface area contributed by atoms with Gasteiger partial charge in [-0.15, -0.1) is 0 Å². The zero-order chi connectivity index (χ0) is 25.3. The minimum Gasteiger partial charge on any atom is -0.497 e. The van der Waals surface area contributed by atoms with E-state index in [9.17, 15) is 0 Å². The minimum absolute atomic E-state index is 0.0811. The molecule has 1 fully saturated rings. The molecule has 0 amide bonds. The van der Waals surface area contributed by atoms with Crippen molar-refractivity contribution in [3.8, 4) is 11.5 Å². The van der Waals surface area contributed by atoms with E-state index in [2.05, 4.69) is 47.5 Å². The molecule has 36 heavy (non-hydrogen) atoms. The highest BCUT2D eigenvalue weighted by molar-refractivity contribution is 5.61. The first kappa shape index (κ1) is 26.7. The van der Waals surface area contributed by atoms with Gasteiger partial charge in [0.2, 0.25) is 0 Å². The van der Waals surface area contributed by atoms with E-state index in [0.29, 0.717) is 18.6 Å². The zero-order valence-corrected chi connectivity index (χ0v) is 22.2. The fourth-order valence-electron chi connectivity index (χ4n) is 5.26.